The van der Waals surface area contributed by atoms with Crippen molar-refractivity contribution in [2.75, 3.05) is 11.9 Å². The first-order valence-electron chi connectivity index (χ1n) is 8.06. The van der Waals surface area contributed by atoms with Crippen LogP contribution in [-0.2, 0) is 16.1 Å². The second kappa shape index (κ2) is 6.54. The molecule has 1 atom stereocenters. The topological polar surface area (TPSA) is 56.2 Å². The fourth-order valence-electron chi connectivity index (χ4n) is 2.89. The lowest BCUT2D eigenvalue weighted by atomic mass is 10.1. The predicted octanol–water partition coefficient (Wildman–Crippen LogP) is 2.97. The Hall–Kier alpha value is -2.14. The molecule has 1 N–H and O–H groups in total. The molecule has 2 aromatic rings. The summed E-state index contributed by atoms with van der Waals surface area (Å²) >= 11 is 0. The van der Waals surface area contributed by atoms with Crippen molar-refractivity contribution in [3.63, 3.8) is 0 Å². The first kappa shape index (κ1) is 15.7. The summed E-state index contributed by atoms with van der Waals surface area (Å²) in [5, 5.41) is 7.56. The van der Waals surface area contributed by atoms with Crippen LogP contribution in [0.15, 0.2) is 24.3 Å². The van der Waals surface area contributed by atoms with Crippen LogP contribution in [-0.4, -0.2) is 28.4 Å². The molecule has 1 saturated heterocycles. The van der Waals surface area contributed by atoms with Gasteiger partial charge in [-0.3, -0.25) is 9.48 Å². The minimum absolute atomic E-state index is 0.0661. The van der Waals surface area contributed by atoms with Crippen molar-refractivity contribution in [1.82, 2.24) is 9.78 Å². The number of benzene rings is 1. The molecular weight excluding hydrogens is 290 g/mol. The van der Waals surface area contributed by atoms with Gasteiger partial charge in [0.15, 0.2) is 0 Å². The third-order valence-electron chi connectivity index (χ3n) is 4.30. The summed E-state index contributed by atoms with van der Waals surface area (Å²) in [6.07, 6.45) is 1.42. The molecule has 23 heavy (non-hydrogen) atoms. The molecule has 0 spiro atoms. The molecule has 1 aromatic carbocycles. The van der Waals surface area contributed by atoms with Crippen molar-refractivity contribution in [3.05, 3.63) is 46.8 Å². The number of anilines is 1. The number of amides is 1. The third kappa shape index (κ3) is 3.45. The van der Waals surface area contributed by atoms with E-state index in [4.69, 9.17) is 4.74 Å². The van der Waals surface area contributed by atoms with Crippen molar-refractivity contribution in [2.45, 2.75) is 46.3 Å². The molecule has 122 valence electrons. The van der Waals surface area contributed by atoms with Crippen LogP contribution in [0, 0.1) is 20.8 Å². The van der Waals surface area contributed by atoms with Crippen LogP contribution in [0.1, 0.15) is 35.4 Å². The van der Waals surface area contributed by atoms with Gasteiger partial charge in [0, 0.05) is 6.61 Å². The molecule has 5 nitrogen and oxygen atoms in total. The Labute approximate surface area is 136 Å². The van der Waals surface area contributed by atoms with Gasteiger partial charge in [-0.05, 0) is 39.2 Å². The van der Waals surface area contributed by atoms with Crippen molar-refractivity contribution in [2.24, 2.45) is 0 Å². The van der Waals surface area contributed by atoms with Gasteiger partial charge in [0.1, 0.15) is 6.10 Å². The number of hydrogen-bond donors (Lipinski definition) is 1. The average molecular weight is 313 g/mol. The summed E-state index contributed by atoms with van der Waals surface area (Å²) in [4.78, 5) is 12.3. The molecule has 1 aromatic heterocycles. The Morgan fingerprint density at radius 1 is 1.30 bits per heavy atom. The number of carbonyl (C=O) groups is 1. The number of aryl methyl sites for hydroxylation is 2. The normalized spacial score (nSPS) is 17.4. The highest BCUT2D eigenvalue weighted by atomic mass is 16.5. The molecule has 3 rings (SSSR count). The van der Waals surface area contributed by atoms with Crippen LogP contribution >= 0.6 is 0 Å². The molecule has 5 heteroatoms. The molecule has 0 saturated carbocycles. The van der Waals surface area contributed by atoms with Crippen molar-refractivity contribution in [1.29, 1.82) is 0 Å². The van der Waals surface area contributed by atoms with Crippen molar-refractivity contribution in [3.8, 4) is 0 Å². The molecule has 2 heterocycles. The Morgan fingerprint density at radius 3 is 2.70 bits per heavy atom. The van der Waals surface area contributed by atoms with E-state index in [0.717, 1.165) is 29.9 Å². The number of nitrogens with zero attached hydrogens (tertiary/aromatic N) is 2. The Kier molecular flexibility index (Phi) is 4.48. The standard InChI is InChI=1S/C18H23N3O2/c1-12-6-8-15(9-7-12)11-21-14(3)17(13(2)20-21)19-18(22)16-5-4-10-23-16/h6-9,16H,4-5,10-11H2,1-3H3,(H,19,22)/t16-/m0/s1. The number of hydrogen-bond acceptors (Lipinski definition) is 3. The summed E-state index contributed by atoms with van der Waals surface area (Å²) in [5.74, 6) is -0.0661. The van der Waals surface area contributed by atoms with E-state index in [1.807, 2.05) is 18.5 Å². The summed E-state index contributed by atoms with van der Waals surface area (Å²) in [7, 11) is 0. The number of ether oxygens (including phenoxy) is 1. The van der Waals surface area contributed by atoms with E-state index in [-0.39, 0.29) is 12.0 Å². The zero-order valence-corrected chi connectivity index (χ0v) is 13.9. The highest BCUT2D eigenvalue weighted by Crippen LogP contribution is 2.22. The van der Waals surface area contributed by atoms with E-state index < -0.39 is 0 Å². The second-order valence-electron chi connectivity index (χ2n) is 6.18. The summed E-state index contributed by atoms with van der Waals surface area (Å²) in [6.45, 7) is 7.35. The Bertz CT molecular complexity index is 698. The van der Waals surface area contributed by atoms with E-state index in [9.17, 15) is 4.79 Å². The molecule has 1 aliphatic rings. The highest BCUT2D eigenvalue weighted by molar-refractivity contribution is 5.95. The van der Waals surface area contributed by atoms with Gasteiger partial charge in [0.05, 0.1) is 23.6 Å². The van der Waals surface area contributed by atoms with E-state index in [1.165, 1.54) is 11.1 Å². The van der Waals surface area contributed by atoms with Crippen LogP contribution in [0.5, 0.6) is 0 Å². The monoisotopic (exact) mass is 313 g/mol. The van der Waals surface area contributed by atoms with Crippen LogP contribution < -0.4 is 5.32 Å². The molecule has 0 aliphatic carbocycles. The van der Waals surface area contributed by atoms with Gasteiger partial charge in [-0.25, -0.2) is 0 Å². The van der Waals surface area contributed by atoms with Crippen LogP contribution in [0.25, 0.3) is 0 Å². The molecule has 1 fully saturated rings. The number of aromatic nitrogens is 2. The highest BCUT2D eigenvalue weighted by Gasteiger charge is 2.25. The van der Waals surface area contributed by atoms with Gasteiger partial charge in [-0.15, -0.1) is 0 Å². The summed E-state index contributed by atoms with van der Waals surface area (Å²) in [6, 6.07) is 8.41. The molecule has 1 amide bonds. The van der Waals surface area contributed by atoms with Crippen molar-refractivity contribution < 1.29 is 9.53 Å². The maximum atomic E-state index is 12.3. The minimum atomic E-state index is -0.325. The van der Waals surface area contributed by atoms with Crippen LogP contribution in [0.3, 0.4) is 0 Å². The average Bonchev–Trinajstić information content (AvgIpc) is 3.14. The number of carbonyl (C=O) groups excluding carboxylic acids is 1. The third-order valence-corrected chi connectivity index (χ3v) is 4.30. The quantitative estimate of drug-likeness (QED) is 0.944. The Morgan fingerprint density at radius 2 is 2.04 bits per heavy atom. The summed E-state index contributed by atoms with van der Waals surface area (Å²) < 4.78 is 7.38. The second-order valence-corrected chi connectivity index (χ2v) is 6.18. The van der Waals surface area contributed by atoms with E-state index in [2.05, 4.69) is 41.6 Å². The van der Waals surface area contributed by atoms with Gasteiger partial charge < -0.3 is 10.1 Å². The van der Waals surface area contributed by atoms with Gasteiger partial charge in [0.25, 0.3) is 5.91 Å². The largest absolute Gasteiger partial charge is 0.368 e. The molecule has 1 aliphatic heterocycles. The van der Waals surface area contributed by atoms with Gasteiger partial charge >= 0.3 is 0 Å². The van der Waals surface area contributed by atoms with Gasteiger partial charge in [-0.1, -0.05) is 29.8 Å². The van der Waals surface area contributed by atoms with Crippen LogP contribution in [0.2, 0.25) is 0 Å². The maximum absolute atomic E-state index is 12.3. The van der Waals surface area contributed by atoms with E-state index in [1.54, 1.807) is 0 Å². The predicted molar refractivity (Wildman–Crippen MR) is 89.6 cm³/mol. The van der Waals surface area contributed by atoms with Gasteiger partial charge in [-0.2, -0.15) is 5.10 Å². The van der Waals surface area contributed by atoms with Crippen LogP contribution in [0.4, 0.5) is 5.69 Å². The molecule has 0 radical (unpaired) electrons. The molecular formula is C18H23N3O2. The lowest BCUT2D eigenvalue weighted by molar-refractivity contribution is -0.124. The van der Waals surface area contributed by atoms with E-state index in [0.29, 0.717) is 13.2 Å². The summed E-state index contributed by atoms with van der Waals surface area (Å²) in [5.41, 5.74) is 5.04. The number of rotatable bonds is 4. The molecule has 0 bridgehead atoms. The molecule has 0 unspecified atom stereocenters. The fourth-order valence-corrected chi connectivity index (χ4v) is 2.89. The zero-order chi connectivity index (χ0) is 16.4. The maximum Gasteiger partial charge on any atom is 0.253 e. The number of nitrogens with one attached hydrogen (secondary N) is 1. The first-order chi connectivity index (χ1) is 11.0. The first-order valence-corrected chi connectivity index (χ1v) is 8.06. The SMILES string of the molecule is Cc1ccc(Cn2nc(C)c(NC(=O)[C@@H]3CCCO3)c2C)cc1. The van der Waals surface area contributed by atoms with E-state index >= 15 is 0 Å². The lowest BCUT2D eigenvalue weighted by Crippen LogP contribution is -2.27. The van der Waals surface area contributed by atoms with Gasteiger partial charge in [0.2, 0.25) is 0 Å². The van der Waals surface area contributed by atoms with Crippen molar-refractivity contribution >= 4 is 11.6 Å². The zero-order valence-electron chi connectivity index (χ0n) is 13.9. The minimum Gasteiger partial charge on any atom is -0.368 e. The smallest absolute Gasteiger partial charge is 0.253 e. The lowest BCUT2D eigenvalue weighted by Gasteiger charge is -2.11. The Balaban J connectivity index is 1.76. The fraction of sp³-hybridized carbons (Fsp3) is 0.444.